The summed E-state index contributed by atoms with van der Waals surface area (Å²) in [6.45, 7) is 6.72. The van der Waals surface area contributed by atoms with Crippen LogP contribution in [0.1, 0.15) is 16.7 Å². The molecule has 7 heteroatoms. The fourth-order valence-electron chi connectivity index (χ4n) is 3.39. The number of aryl methyl sites for hydroxylation is 2. The van der Waals surface area contributed by atoms with Crippen LogP contribution >= 0.6 is 0 Å². The molecule has 0 saturated heterocycles. The van der Waals surface area contributed by atoms with Crippen molar-refractivity contribution in [1.82, 2.24) is 0 Å². The molecule has 1 N–H and O–H groups in total. The first-order valence-corrected chi connectivity index (χ1v) is 9.54. The Labute approximate surface area is 154 Å². The van der Waals surface area contributed by atoms with Gasteiger partial charge in [-0.05, 0) is 69.8 Å². The van der Waals surface area contributed by atoms with E-state index in [1.54, 1.807) is 0 Å². The lowest BCUT2D eigenvalue weighted by Crippen LogP contribution is -2.21. The van der Waals surface area contributed by atoms with Gasteiger partial charge in [-0.1, -0.05) is 42.5 Å². The first-order chi connectivity index (χ1) is 12.4. The largest absolute Gasteiger partial charge is 0.522 e. The molecule has 142 valence electrons. The van der Waals surface area contributed by atoms with Crippen LogP contribution in [0.3, 0.4) is 0 Å². The Balaban J connectivity index is 0.000000226. The first-order valence-electron chi connectivity index (χ1n) is 8.10. The summed E-state index contributed by atoms with van der Waals surface area (Å²) in [6.07, 6.45) is 0. The Morgan fingerprint density at radius 2 is 1.15 bits per heavy atom. The lowest BCUT2D eigenvalue weighted by atomic mass is 9.87. The van der Waals surface area contributed by atoms with Crippen LogP contribution in [0.5, 0.6) is 0 Å². The fraction of sp³-hybridized carbons (Fsp3) is 0.200. The van der Waals surface area contributed by atoms with Crippen molar-refractivity contribution in [2.75, 3.05) is 0 Å². The summed E-state index contributed by atoms with van der Waals surface area (Å²) >= 11 is 0. The third-order valence-corrected chi connectivity index (χ3v) is 5.59. The van der Waals surface area contributed by atoms with E-state index >= 15 is 0 Å². The highest BCUT2D eigenvalue weighted by Gasteiger charge is 2.44. The van der Waals surface area contributed by atoms with E-state index in [4.69, 9.17) is 13.0 Å². The molecule has 4 aromatic carbocycles. The van der Waals surface area contributed by atoms with Crippen LogP contribution in [0.4, 0.5) is 13.2 Å². The number of hydrogen-bond donors (Lipinski definition) is 1. The molecule has 0 aliphatic carbocycles. The van der Waals surface area contributed by atoms with Gasteiger partial charge in [-0.3, -0.25) is 4.55 Å². The fourth-order valence-corrected chi connectivity index (χ4v) is 3.39. The van der Waals surface area contributed by atoms with E-state index in [1.165, 1.54) is 49.0 Å². The molecule has 4 rings (SSSR count). The first kappa shape index (κ1) is 19.4. The second-order valence-corrected chi connectivity index (χ2v) is 7.89. The van der Waals surface area contributed by atoms with Gasteiger partial charge in [0.2, 0.25) is 0 Å². The van der Waals surface area contributed by atoms with Crippen molar-refractivity contribution in [2.45, 2.75) is 26.3 Å². The van der Waals surface area contributed by atoms with Gasteiger partial charge in [0, 0.05) is 0 Å². The van der Waals surface area contributed by atoms with E-state index in [1.807, 2.05) is 0 Å². The third-order valence-electron chi connectivity index (χ3n) is 5.00. The number of rotatable bonds is 0. The van der Waals surface area contributed by atoms with Gasteiger partial charge in [0.15, 0.2) is 0 Å². The van der Waals surface area contributed by atoms with Crippen molar-refractivity contribution in [2.24, 2.45) is 0 Å². The molecular formula is C20H17F3O3S. The van der Waals surface area contributed by atoms with Gasteiger partial charge >= 0.3 is 15.6 Å². The van der Waals surface area contributed by atoms with Crippen LogP contribution in [-0.2, 0) is 10.1 Å². The molecule has 0 aliphatic heterocycles. The van der Waals surface area contributed by atoms with E-state index in [-0.39, 0.29) is 0 Å². The average Bonchev–Trinajstić information content (AvgIpc) is 2.58. The van der Waals surface area contributed by atoms with Crippen LogP contribution in [0, 0.1) is 20.8 Å². The van der Waals surface area contributed by atoms with E-state index < -0.39 is 15.6 Å². The molecule has 4 aromatic rings. The summed E-state index contributed by atoms with van der Waals surface area (Å²) in [5.74, 6) is 0. The van der Waals surface area contributed by atoms with E-state index in [2.05, 4.69) is 63.2 Å². The third kappa shape index (κ3) is 3.21. The van der Waals surface area contributed by atoms with Crippen molar-refractivity contribution >= 4 is 42.4 Å². The average molecular weight is 394 g/mol. The quantitative estimate of drug-likeness (QED) is 0.229. The minimum atomic E-state index is -5.84. The van der Waals surface area contributed by atoms with Gasteiger partial charge in [-0.15, -0.1) is 0 Å². The zero-order chi connectivity index (χ0) is 20.1. The highest BCUT2D eigenvalue weighted by molar-refractivity contribution is 7.86. The van der Waals surface area contributed by atoms with Crippen molar-refractivity contribution in [3.05, 3.63) is 59.2 Å². The number of hydrogen-bond acceptors (Lipinski definition) is 2. The normalized spacial score (nSPS) is 12.6. The second-order valence-electron chi connectivity index (χ2n) is 6.48. The molecule has 0 amide bonds. The summed E-state index contributed by atoms with van der Waals surface area (Å²) in [7, 11) is -5.84. The van der Waals surface area contributed by atoms with Crippen LogP contribution in [0.2, 0.25) is 0 Å². The minimum Gasteiger partial charge on any atom is -0.279 e. The Kier molecular flexibility index (Phi) is 4.56. The number of halogens is 3. The molecule has 0 bridgehead atoms. The molecule has 0 atom stereocenters. The second kappa shape index (κ2) is 6.35. The molecule has 0 unspecified atom stereocenters. The summed E-state index contributed by atoms with van der Waals surface area (Å²) in [6, 6.07) is 15.7. The summed E-state index contributed by atoms with van der Waals surface area (Å²) < 4.78 is 57.5. The standard InChI is InChI=1S/C19H16.CHF3O3S/c1-11-12(2)16-9-7-14-5-4-6-15-8-10-17(13(11)3)19(16)18(14)15;2-1(3,4)8(5,6)7/h4-10H,1-3H3;(H,5,6,7). The van der Waals surface area contributed by atoms with Gasteiger partial charge in [-0.2, -0.15) is 21.6 Å². The van der Waals surface area contributed by atoms with Crippen molar-refractivity contribution < 1.29 is 26.1 Å². The topological polar surface area (TPSA) is 54.4 Å². The van der Waals surface area contributed by atoms with Gasteiger partial charge in [0.05, 0.1) is 0 Å². The molecule has 27 heavy (non-hydrogen) atoms. The zero-order valence-electron chi connectivity index (χ0n) is 14.8. The lowest BCUT2D eigenvalue weighted by Gasteiger charge is -2.17. The van der Waals surface area contributed by atoms with Crippen LogP contribution in [0.15, 0.2) is 42.5 Å². The predicted molar refractivity (Wildman–Crippen MR) is 102 cm³/mol. The molecule has 0 spiro atoms. The summed E-state index contributed by atoms with van der Waals surface area (Å²) in [5, 5.41) is 8.36. The number of benzene rings is 4. The highest BCUT2D eigenvalue weighted by Crippen LogP contribution is 2.38. The van der Waals surface area contributed by atoms with Crippen molar-refractivity contribution in [1.29, 1.82) is 0 Å². The Hall–Kier alpha value is -2.38. The van der Waals surface area contributed by atoms with Crippen LogP contribution in [0.25, 0.3) is 32.3 Å². The molecular weight excluding hydrogens is 377 g/mol. The molecule has 0 aliphatic rings. The monoisotopic (exact) mass is 394 g/mol. The van der Waals surface area contributed by atoms with Gasteiger partial charge in [-0.25, -0.2) is 0 Å². The molecule has 0 heterocycles. The smallest absolute Gasteiger partial charge is 0.279 e. The van der Waals surface area contributed by atoms with Crippen LogP contribution < -0.4 is 0 Å². The number of alkyl halides is 3. The van der Waals surface area contributed by atoms with Crippen LogP contribution in [-0.4, -0.2) is 18.5 Å². The molecule has 0 radical (unpaired) electrons. The molecule has 0 fully saturated rings. The van der Waals surface area contributed by atoms with Gasteiger partial charge in [0.25, 0.3) is 0 Å². The lowest BCUT2D eigenvalue weighted by molar-refractivity contribution is -0.0510. The molecule has 0 aromatic heterocycles. The zero-order valence-corrected chi connectivity index (χ0v) is 15.7. The van der Waals surface area contributed by atoms with Crippen molar-refractivity contribution in [3.63, 3.8) is 0 Å². The SMILES string of the molecule is Cc1c(C)c2ccc3cccc4ccc(c1C)c2c34.O=S(=O)(O)C(F)(F)F. The predicted octanol–water partition coefficient (Wildman–Crippen LogP) is 5.90. The Bertz CT molecular complexity index is 1190. The summed E-state index contributed by atoms with van der Waals surface area (Å²) in [4.78, 5) is 0. The van der Waals surface area contributed by atoms with E-state index in [0.717, 1.165) is 0 Å². The Morgan fingerprint density at radius 3 is 1.52 bits per heavy atom. The molecule has 0 saturated carbocycles. The van der Waals surface area contributed by atoms with E-state index in [0.29, 0.717) is 0 Å². The molecule has 3 nitrogen and oxygen atoms in total. The highest BCUT2D eigenvalue weighted by atomic mass is 32.2. The van der Waals surface area contributed by atoms with Gasteiger partial charge in [0.1, 0.15) is 0 Å². The maximum Gasteiger partial charge on any atom is 0.522 e. The van der Waals surface area contributed by atoms with E-state index in [9.17, 15) is 13.2 Å². The maximum absolute atomic E-state index is 10.7. The van der Waals surface area contributed by atoms with Crippen molar-refractivity contribution in [3.8, 4) is 0 Å². The maximum atomic E-state index is 10.7. The Morgan fingerprint density at radius 1 is 0.741 bits per heavy atom. The van der Waals surface area contributed by atoms with Gasteiger partial charge < -0.3 is 0 Å². The summed E-state index contributed by atoms with van der Waals surface area (Å²) in [5.41, 5.74) is -1.27. The minimum absolute atomic E-state index is 1.35.